The average molecular weight is 332 g/mol. The van der Waals surface area contributed by atoms with Gasteiger partial charge >= 0.3 is 0 Å². The highest BCUT2D eigenvalue weighted by atomic mass is 16.5. The molecule has 0 saturated carbocycles. The van der Waals surface area contributed by atoms with Gasteiger partial charge in [-0.15, -0.1) is 0 Å². The largest absolute Gasteiger partial charge is 0.370 e. The van der Waals surface area contributed by atoms with Crippen LogP contribution in [0.25, 0.3) is 0 Å². The molecule has 2 N–H and O–H groups in total. The predicted molar refractivity (Wildman–Crippen MR) is 97.9 cm³/mol. The number of hydrogen-bond donors (Lipinski definition) is 1. The zero-order valence-corrected chi connectivity index (χ0v) is 15.4. The number of nitrogens with two attached hydrogens (primary N) is 1. The molecule has 1 aliphatic rings. The van der Waals surface area contributed by atoms with Gasteiger partial charge < -0.3 is 15.4 Å². The van der Waals surface area contributed by atoms with Crippen molar-refractivity contribution in [3.8, 4) is 0 Å². The third-order valence-corrected chi connectivity index (χ3v) is 4.88. The van der Waals surface area contributed by atoms with Gasteiger partial charge in [0, 0.05) is 6.42 Å². The van der Waals surface area contributed by atoms with Gasteiger partial charge in [0.25, 0.3) is 0 Å². The smallest absolute Gasteiger partial charge is 0.222 e. The SMILES string of the molecule is Cc1ccc(C)c(C2CN(C(=O)CCCCCCN)C(C)CO2)c1. The van der Waals surface area contributed by atoms with Gasteiger partial charge in [-0.2, -0.15) is 0 Å². The molecule has 1 amide bonds. The van der Waals surface area contributed by atoms with Crippen molar-refractivity contribution in [2.24, 2.45) is 5.73 Å². The van der Waals surface area contributed by atoms with Crippen LogP contribution in [0, 0.1) is 13.8 Å². The van der Waals surface area contributed by atoms with Crippen molar-refractivity contribution in [3.63, 3.8) is 0 Å². The monoisotopic (exact) mass is 332 g/mol. The second-order valence-electron chi connectivity index (χ2n) is 7.03. The Morgan fingerprint density at radius 3 is 2.75 bits per heavy atom. The average Bonchev–Trinajstić information content (AvgIpc) is 2.57. The van der Waals surface area contributed by atoms with Crippen molar-refractivity contribution in [1.29, 1.82) is 0 Å². The minimum Gasteiger partial charge on any atom is -0.370 e. The topological polar surface area (TPSA) is 55.6 Å². The maximum Gasteiger partial charge on any atom is 0.222 e. The van der Waals surface area contributed by atoms with Crippen molar-refractivity contribution in [2.45, 2.75) is 65.0 Å². The molecule has 0 aliphatic carbocycles. The maximum atomic E-state index is 12.6. The lowest BCUT2D eigenvalue weighted by molar-refractivity contribution is -0.144. The minimum atomic E-state index is -0.0118. The molecule has 2 unspecified atom stereocenters. The number of hydrogen-bond acceptors (Lipinski definition) is 3. The third kappa shape index (κ3) is 5.05. The number of unbranched alkanes of at least 4 members (excludes halogenated alkanes) is 3. The molecule has 4 nitrogen and oxygen atoms in total. The van der Waals surface area contributed by atoms with Gasteiger partial charge in [0.1, 0.15) is 6.10 Å². The third-order valence-electron chi connectivity index (χ3n) is 4.88. The van der Waals surface area contributed by atoms with Crippen LogP contribution in [0.5, 0.6) is 0 Å². The first-order chi connectivity index (χ1) is 11.5. The molecule has 0 spiro atoms. The van der Waals surface area contributed by atoms with Crippen molar-refractivity contribution in [3.05, 3.63) is 34.9 Å². The second kappa shape index (κ2) is 9.19. The predicted octanol–water partition coefficient (Wildman–Crippen LogP) is 3.50. The number of amides is 1. The van der Waals surface area contributed by atoms with Gasteiger partial charge in [0.15, 0.2) is 0 Å². The van der Waals surface area contributed by atoms with E-state index in [0.717, 1.165) is 32.2 Å². The molecule has 1 fully saturated rings. The van der Waals surface area contributed by atoms with E-state index in [2.05, 4.69) is 39.0 Å². The molecule has 0 aromatic heterocycles. The quantitative estimate of drug-likeness (QED) is 0.778. The molecule has 1 saturated heterocycles. The van der Waals surface area contributed by atoms with Gasteiger partial charge in [-0.05, 0) is 51.3 Å². The molecular formula is C20H32N2O2. The summed E-state index contributed by atoms with van der Waals surface area (Å²) in [7, 11) is 0. The fourth-order valence-corrected chi connectivity index (χ4v) is 3.32. The first-order valence-corrected chi connectivity index (χ1v) is 9.21. The van der Waals surface area contributed by atoms with Crippen LogP contribution in [-0.2, 0) is 9.53 Å². The van der Waals surface area contributed by atoms with Gasteiger partial charge in [-0.25, -0.2) is 0 Å². The highest BCUT2D eigenvalue weighted by molar-refractivity contribution is 5.76. The number of carbonyl (C=O) groups excluding carboxylic acids is 1. The molecule has 2 atom stereocenters. The van der Waals surface area contributed by atoms with Crippen molar-refractivity contribution in [1.82, 2.24) is 4.90 Å². The van der Waals surface area contributed by atoms with Crippen LogP contribution in [0.4, 0.5) is 0 Å². The van der Waals surface area contributed by atoms with Crippen molar-refractivity contribution in [2.75, 3.05) is 19.7 Å². The van der Waals surface area contributed by atoms with Gasteiger partial charge in [-0.3, -0.25) is 4.79 Å². The highest BCUT2D eigenvalue weighted by Gasteiger charge is 2.30. The summed E-state index contributed by atoms with van der Waals surface area (Å²) >= 11 is 0. The van der Waals surface area contributed by atoms with Gasteiger partial charge in [0.05, 0.1) is 19.2 Å². The van der Waals surface area contributed by atoms with Crippen LogP contribution in [0.3, 0.4) is 0 Å². The number of aryl methyl sites for hydroxylation is 2. The summed E-state index contributed by atoms with van der Waals surface area (Å²) in [5.74, 6) is 0.258. The minimum absolute atomic E-state index is 0.0118. The molecule has 1 aliphatic heterocycles. The summed E-state index contributed by atoms with van der Waals surface area (Å²) in [6.07, 6.45) is 4.83. The van der Waals surface area contributed by atoms with E-state index in [9.17, 15) is 4.79 Å². The first-order valence-electron chi connectivity index (χ1n) is 9.21. The Kier molecular flexibility index (Phi) is 7.25. The molecule has 134 valence electrons. The molecule has 1 aromatic carbocycles. The van der Waals surface area contributed by atoms with Crippen LogP contribution in [0.1, 0.15) is 61.8 Å². The number of nitrogens with zero attached hydrogens (tertiary/aromatic N) is 1. The summed E-state index contributed by atoms with van der Waals surface area (Å²) in [6.45, 7) is 8.29. The van der Waals surface area contributed by atoms with E-state index in [0.29, 0.717) is 19.6 Å². The Bertz CT molecular complexity index is 544. The summed E-state index contributed by atoms with van der Waals surface area (Å²) < 4.78 is 6.04. The summed E-state index contributed by atoms with van der Waals surface area (Å²) in [5, 5.41) is 0. The highest BCUT2D eigenvalue weighted by Crippen LogP contribution is 2.28. The first kappa shape index (κ1) is 18.9. The zero-order valence-electron chi connectivity index (χ0n) is 15.4. The van der Waals surface area contributed by atoms with E-state index in [1.165, 1.54) is 16.7 Å². The van der Waals surface area contributed by atoms with E-state index in [4.69, 9.17) is 10.5 Å². The Morgan fingerprint density at radius 2 is 2.00 bits per heavy atom. The molecule has 0 radical (unpaired) electrons. The fraction of sp³-hybridized carbons (Fsp3) is 0.650. The standard InChI is InChI=1S/C20H32N2O2/c1-15-9-10-16(2)18(12-15)19-13-22(17(3)14-24-19)20(23)8-6-4-5-7-11-21/h9-10,12,17,19H,4-8,11,13-14,21H2,1-3H3. The Hall–Kier alpha value is -1.39. The van der Waals surface area contributed by atoms with E-state index < -0.39 is 0 Å². The molecule has 0 bridgehead atoms. The Balaban J connectivity index is 1.95. The normalized spacial score (nSPS) is 21.1. The van der Waals surface area contributed by atoms with Gasteiger partial charge in [-0.1, -0.05) is 36.6 Å². The number of morpholine rings is 1. The van der Waals surface area contributed by atoms with Crippen LogP contribution < -0.4 is 5.73 Å². The lowest BCUT2D eigenvalue weighted by Crippen LogP contribution is -2.48. The van der Waals surface area contributed by atoms with E-state index in [1.807, 2.05) is 4.90 Å². The second-order valence-corrected chi connectivity index (χ2v) is 7.03. The Labute approximate surface area is 146 Å². The zero-order chi connectivity index (χ0) is 17.5. The van der Waals surface area contributed by atoms with E-state index in [1.54, 1.807) is 0 Å². The molecule has 4 heteroatoms. The Morgan fingerprint density at radius 1 is 1.25 bits per heavy atom. The summed E-state index contributed by atoms with van der Waals surface area (Å²) in [4.78, 5) is 14.6. The van der Waals surface area contributed by atoms with Crippen LogP contribution >= 0.6 is 0 Å². The van der Waals surface area contributed by atoms with Crippen molar-refractivity contribution < 1.29 is 9.53 Å². The lowest BCUT2D eigenvalue weighted by atomic mass is 9.98. The van der Waals surface area contributed by atoms with Crippen LogP contribution in [0.2, 0.25) is 0 Å². The van der Waals surface area contributed by atoms with E-state index >= 15 is 0 Å². The number of carbonyl (C=O) groups is 1. The van der Waals surface area contributed by atoms with Gasteiger partial charge in [0.2, 0.25) is 5.91 Å². The summed E-state index contributed by atoms with van der Waals surface area (Å²) in [5.41, 5.74) is 9.18. The maximum absolute atomic E-state index is 12.6. The fourth-order valence-electron chi connectivity index (χ4n) is 3.32. The van der Waals surface area contributed by atoms with Crippen LogP contribution in [-0.4, -0.2) is 36.5 Å². The van der Waals surface area contributed by atoms with Crippen molar-refractivity contribution >= 4 is 5.91 Å². The van der Waals surface area contributed by atoms with E-state index in [-0.39, 0.29) is 18.1 Å². The number of ether oxygens (including phenoxy) is 1. The molecule has 1 heterocycles. The summed E-state index contributed by atoms with van der Waals surface area (Å²) in [6, 6.07) is 6.60. The molecule has 1 aromatic rings. The number of benzene rings is 1. The lowest BCUT2D eigenvalue weighted by Gasteiger charge is -2.39. The number of rotatable bonds is 7. The molecular weight excluding hydrogens is 300 g/mol. The molecule has 24 heavy (non-hydrogen) atoms. The molecule has 2 rings (SSSR count). The van der Waals surface area contributed by atoms with Crippen LogP contribution in [0.15, 0.2) is 18.2 Å².